The van der Waals surface area contributed by atoms with Gasteiger partial charge in [0.25, 0.3) is 0 Å². The number of hydrogen-bond donors (Lipinski definition) is 1. The van der Waals surface area contributed by atoms with Crippen molar-refractivity contribution in [3.8, 4) is 0 Å². The number of aryl methyl sites for hydroxylation is 2. The fraction of sp³-hybridized carbons (Fsp3) is 0.647. The first kappa shape index (κ1) is 12.2. The van der Waals surface area contributed by atoms with E-state index >= 15 is 0 Å². The Morgan fingerprint density at radius 3 is 2.78 bits per heavy atom. The predicted octanol–water partition coefficient (Wildman–Crippen LogP) is 3.75. The van der Waals surface area contributed by atoms with Crippen LogP contribution in [0.5, 0.6) is 0 Å². The summed E-state index contributed by atoms with van der Waals surface area (Å²) in [6.45, 7) is 6.60. The Morgan fingerprint density at radius 1 is 1.22 bits per heavy atom. The fourth-order valence-corrected chi connectivity index (χ4v) is 4.59. The first-order valence-corrected chi connectivity index (χ1v) is 7.26. The van der Waals surface area contributed by atoms with Gasteiger partial charge in [-0.05, 0) is 68.4 Å². The molecule has 1 saturated carbocycles. The molecular formula is C17H24O. The minimum absolute atomic E-state index is 0.184. The fourth-order valence-electron chi connectivity index (χ4n) is 4.59. The van der Waals surface area contributed by atoms with Gasteiger partial charge in [0.15, 0.2) is 0 Å². The summed E-state index contributed by atoms with van der Waals surface area (Å²) in [4.78, 5) is 0. The summed E-state index contributed by atoms with van der Waals surface area (Å²) >= 11 is 0. The van der Waals surface area contributed by atoms with E-state index < -0.39 is 5.60 Å². The maximum atomic E-state index is 10.7. The third-order valence-electron chi connectivity index (χ3n) is 5.48. The molecule has 0 bridgehead atoms. The largest absolute Gasteiger partial charge is 0.390 e. The molecule has 1 fully saturated rings. The maximum absolute atomic E-state index is 10.7. The van der Waals surface area contributed by atoms with Gasteiger partial charge in [0.2, 0.25) is 0 Å². The third-order valence-corrected chi connectivity index (χ3v) is 5.48. The minimum Gasteiger partial charge on any atom is -0.390 e. The van der Waals surface area contributed by atoms with Crippen LogP contribution < -0.4 is 0 Å². The number of hydrogen-bond acceptors (Lipinski definition) is 1. The topological polar surface area (TPSA) is 20.2 Å². The van der Waals surface area contributed by atoms with Crippen molar-refractivity contribution >= 4 is 0 Å². The van der Waals surface area contributed by atoms with E-state index in [-0.39, 0.29) is 5.41 Å². The van der Waals surface area contributed by atoms with E-state index in [9.17, 15) is 5.11 Å². The average Bonchev–Trinajstić information content (AvgIpc) is 2.27. The van der Waals surface area contributed by atoms with Crippen molar-refractivity contribution in [2.45, 2.75) is 63.9 Å². The Kier molecular flexibility index (Phi) is 2.60. The minimum atomic E-state index is -0.477. The van der Waals surface area contributed by atoms with Gasteiger partial charge in [0, 0.05) is 0 Å². The lowest BCUT2D eigenvalue weighted by Gasteiger charge is -2.53. The van der Waals surface area contributed by atoms with Crippen molar-refractivity contribution in [3.05, 3.63) is 34.9 Å². The van der Waals surface area contributed by atoms with E-state index in [2.05, 4.69) is 32.0 Å². The molecule has 0 radical (unpaired) electrons. The molecule has 3 atom stereocenters. The first-order valence-electron chi connectivity index (χ1n) is 7.26. The molecule has 2 aliphatic carbocycles. The summed E-state index contributed by atoms with van der Waals surface area (Å²) in [7, 11) is 0. The second-order valence-corrected chi connectivity index (χ2v) is 6.88. The van der Waals surface area contributed by atoms with Crippen molar-refractivity contribution in [1.29, 1.82) is 0 Å². The van der Waals surface area contributed by atoms with Gasteiger partial charge in [-0.3, -0.25) is 0 Å². The van der Waals surface area contributed by atoms with Crippen LogP contribution in [-0.4, -0.2) is 10.7 Å². The van der Waals surface area contributed by atoms with E-state index in [0.29, 0.717) is 5.92 Å². The lowest BCUT2D eigenvalue weighted by atomic mass is 9.53. The second kappa shape index (κ2) is 3.84. The van der Waals surface area contributed by atoms with Crippen LogP contribution in [-0.2, 0) is 11.8 Å². The Morgan fingerprint density at radius 2 is 2.00 bits per heavy atom. The Balaban J connectivity index is 2.11. The van der Waals surface area contributed by atoms with Gasteiger partial charge in [-0.2, -0.15) is 0 Å². The van der Waals surface area contributed by atoms with Crippen LogP contribution in [0.3, 0.4) is 0 Å². The van der Waals surface area contributed by atoms with E-state index in [0.717, 1.165) is 25.7 Å². The standard InChI is InChI=1S/C17H24O/c1-12-5-7-14-13(11-12)6-8-15-16(14,2)9-4-10-17(15,3)18/h5,7,11,15,18H,4,6,8-10H2,1-3H3/t15-,16-,17+/m1/s1. The van der Waals surface area contributed by atoms with Crippen molar-refractivity contribution in [2.24, 2.45) is 5.92 Å². The molecule has 0 unspecified atom stereocenters. The summed E-state index contributed by atoms with van der Waals surface area (Å²) in [6.07, 6.45) is 5.61. The number of rotatable bonds is 0. The molecular weight excluding hydrogens is 220 g/mol. The van der Waals surface area contributed by atoms with Crippen LogP contribution in [0, 0.1) is 12.8 Å². The Hall–Kier alpha value is -0.820. The summed E-state index contributed by atoms with van der Waals surface area (Å²) < 4.78 is 0. The monoisotopic (exact) mass is 244 g/mol. The zero-order valence-electron chi connectivity index (χ0n) is 11.8. The molecule has 1 N–H and O–H groups in total. The lowest BCUT2D eigenvalue weighted by molar-refractivity contribution is -0.0748. The number of aliphatic hydroxyl groups is 1. The van der Waals surface area contributed by atoms with E-state index in [1.54, 1.807) is 0 Å². The SMILES string of the molecule is Cc1ccc2c(c1)CC[C@H]1[C@@](C)(O)CCC[C@]21C. The van der Waals surface area contributed by atoms with Gasteiger partial charge in [0.05, 0.1) is 5.60 Å². The molecule has 0 spiro atoms. The van der Waals surface area contributed by atoms with E-state index in [4.69, 9.17) is 0 Å². The zero-order chi connectivity index (χ0) is 13.0. The number of fused-ring (bicyclic) bond motifs is 3. The van der Waals surface area contributed by atoms with Gasteiger partial charge in [-0.1, -0.05) is 30.7 Å². The summed E-state index contributed by atoms with van der Waals surface area (Å²) in [6, 6.07) is 6.90. The van der Waals surface area contributed by atoms with Crippen molar-refractivity contribution in [3.63, 3.8) is 0 Å². The van der Waals surface area contributed by atoms with Gasteiger partial charge in [-0.25, -0.2) is 0 Å². The Bertz CT molecular complexity index is 474. The van der Waals surface area contributed by atoms with Crippen molar-refractivity contribution in [1.82, 2.24) is 0 Å². The average molecular weight is 244 g/mol. The highest BCUT2D eigenvalue weighted by Gasteiger charge is 2.50. The van der Waals surface area contributed by atoms with E-state index in [1.807, 2.05) is 6.92 Å². The molecule has 1 aromatic carbocycles. The molecule has 3 rings (SSSR count). The van der Waals surface area contributed by atoms with Crippen LogP contribution >= 0.6 is 0 Å². The molecule has 18 heavy (non-hydrogen) atoms. The highest BCUT2D eigenvalue weighted by atomic mass is 16.3. The van der Waals surface area contributed by atoms with Gasteiger partial charge >= 0.3 is 0 Å². The molecule has 0 saturated heterocycles. The van der Waals surface area contributed by atoms with Gasteiger partial charge in [0.1, 0.15) is 0 Å². The van der Waals surface area contributed by atoms with Crippen LogP contribution in [0.2, 0.25) is 0 Å². The number of benzene rings is 1. The summed E-state index contributed by atoms with van der Waals surface area (Å²) in [5.74, 6) is 0.425. The van der Waals surface area contributed by atoms with E-state index in [1.165, 1.54) is 23.1 Å². The molecule has 1 heteroatoms. The van der Waals surface area contributed by atoms with Crippen molar-refractivity contribution < 1.29 is 5.11 Å². The molecule has 0 amide bonds. The lowest BCUT2D eigenvalue weighted by Crippen LogP contribution is -2.52. The molecule has 1 aromatic rings. The second-order valence-electron chi connectivity index (χ2n) is 6.88. The molecule has 0 heterocycles. The van der Waals surface area contributed by atoms with Crippen LogP contribution in [0.1, 0.15) is 56.2 Å². The van der Waals surface area contributed by atoms with Gasteiger partial charge < -0.3 is 5.11 Å². The van der Waals surface area contributed by atoms with Crippen LogP contribution in [0.25, 0.3) is 0 Å². The maximum Gasteiger partial charge on any atom is 0.0656 e. The molecule has 1 nitrogen and oxygen atoms in total. The highest BCUT2D eigenvalue weighted by molar-refractivity contribution is 5.41. The zero-order valence-corrected chi connectivity index (χ0v) is 11.8. The van der Waals surface area contributed by atoms with Crippen molar-refractivity contribution in [2.75, 3.05) is 0 Å². The quantitative estimate of drug-likeness (QED) is 0.737. The predicted molar refractivity (Wildman–Crippen MR) is 74.8 cm³/mol. The van der Waals surface area contributed by atoms with Gasteiger partial charge in [-0.15, -0.1) is 0 Å². The first-order chi connectivity index (χ1) is 8.43. The van der Waals surface area contributed by atoms with Crippen LogP contribution in [0.15, 0.2) is 18.2 Å². The summed E-state index contributed by atoms with van der Waals surface area (Å²) in [5, 5.41) is 10.7. The Labute approximate surface area is 110 Å². The molecule has 0 aliphatic heterocycles. The molecule has 0 aromatic heterocycles. The molecule has 98 valence electrons. The third kappa shape index (κ3) is 1.64. The summed E-state index contributed by atoms with van der Waals surface area (Å²) in [5.41, 5.74) is 4.09. The molecule has 2 aliphatic rings. The highest BCUT2D eigenvalue weighted by Crippen LogP contribution is 2.53. The normalized spacial score (nSPS) is 39.0. The smallest absolute Gasteiger partial charge is 0.0656 e. The van der Waals surface area contributed by atoms with Crippen LogP contribution in [0.4, 0.5) is 0 Å².